The van der Waals surface area contributed by atoms with E-state index >= 15 is 0 Å². The number of carbonyl (C=O) groups is 2. The highest BCUT2D eigenvalue weighted by atomic mass is 16.2. The van der Waals surface area contributed by atoms with E-state index in [0.717, 1.165) is 36.5 Å². The van der Waals surface area contributed by atoms with Crippen LogP contribution in [-0.2, 0) is 9.59 Å². The maximum atomic E-state index is 14.0. The number of aryl methyl sites for hydroxylation is 1. The van der Waals surface area contributed by atoms with Crippen LogP contribution in [0.3, 0.4) is 0 Å². The molecule has 4 saturated carbocycles. The quantitative estimate of drug-likeness (QED) is 0.575. The molecule has 9 rings (SSSR count). The molecule has 8 heteroatoms. The highest BCUT2D eigenvalue weighted by molar-refractivity contribution is 5.99. The molecule has 3 saturated heterocycles. The van der Waals surface area contributed by atoms with Crippen LogP contribution in [0.25, 0.3) is 10.9 Å². The van der Waals surface area contributed by atoms with Crippen molar-refractivity contribution in [2.24, 2.45) is 23.2 Å². The summed E-state index contributed by atoms with van der Waals surface area (Å²) < 4.78 is 1.52. The first-order valence-corrected chi connectivity index (χ1v) is 15.7. The molecule has 8 nitrogen and oxygen atoms in total. The van der Waals surface area contributed by atoms with Crippen molar-refractivity contribution in [2.75, 3.05) is 24.5 Å². The topological polar surface area (TPSA) is 87.5 Å². The Morgan fingerprint density at radius 1 is 0.950 bits per heavy atom. The van der Waals surface area contributed by atoms with Gasteiger partial charge in [-0.2, -0.15) is 0 Å². The number of nitrogens with zero attached hydrogens (tertiary/aromatic N) is 4. The Bertz CT molecular complexity index is 1400. The van der Waals surface area contributed by atoms with E-state index in [0.29, 0.717) is 40.6 Å². The second-order valence-electron chi connectivity index (χ2n) is 14.2. The van der Waals surface area contributed by atoms with Crippen LogP contribution in [0.5, 0.6) is 0 Å². The van der Waals surface area contributed by atoms with Crippen LogP contribution < -0.4 is 15.8 Å². The molecule has 4 aliphatic carbocycles. The van der Waals surface area contributed by atoms with Crippen LogP contribution in [0.4, 0.5) is 5.69 Å². The van der Waals surface area contributed by atoms with E-state index in [1.54, 1.807) is 6.92 Å². The summed E-state index contributed by atoms with van der Waals surface area (Å²) >= 11 is 0. The molecule has 1 aromatic carbocycles. The maximum Gasteiger partial charge on any atom is 0.264 e. The average Bonchev–Trinajstić information content (AvgIpc) is 3.14. The zero-order valence-corrected chi connectivity index (χ0v) is 23.6. The molecule has 4 heterocycles. The molecule has 3 atom stereocenters. The standard InChI is InChI=1S/C32H41N5O3/c1-19-33-25-3-2-4-26(29(25)31(40)37(19)27-7-8-28(38)34-30(27)39)35-17-23-5-6-24(18-35)36(23)10-9-32-14-20-11-21(15-32)13-22(12-20)16-32/h2-4,20-24,27H,5-18H2,1H3,(H,34,38,39). The summed E-state index contributed by atoms with van der Waals surface area (Å²) in [6.45, 7) is 4.87. The summed E-state index contributed by atoms with van der Waals surface area (Å²) in [6, 6.07) is 6.31. The Kier molecular flexibility index (Phi) is 5.71. The summed E-state index contributed by atoms with van der Waals surface area (Å²) in [6.07, 6.45) is 13.4. The van der Waals surface area contributed by atoms with Crippen molar-refractivity contribution in [2.45, 2.75) is 95.7 Å². The summed E-state index contributed by atoms with van der Waals surface area (Å²) in [5, 5.41) is 3.00. The van der Waals surface area contributed by atoms with Gasteiger partial charge in [0.1, 0.15) is 11.9 Å². The Morgan fingerprint density at radius 3 is 2.27 bits per heavy atom. The van der Waals surface area contributed by atoms with Crippen molar-refractivity contribution in [1.82, 2.24) is 19.8 Å². The summed E-state index contributed by atoms with van der Waals surface area (Å²) in [4.78, 5) is 48.5. The molecule has 1 N–H and O–H groups in total. The minimum absolute atomic E-state index is 0.177. The summed E-state index contributed by atoms with van der Waals surface area (Å²) in [7, 11) is 0. The highest BCUT2D eigenvalue weighted by Gasteiger charge is 2.51. The first-order chi connectivity index (χ1) is 19.4. The first-order valence-electron chi connectivity index (χ1n) is 15.7. The lowest BCUT2D eigenvalue weighted by molar-refractivity contribution is -0.135. The fourth-order valence-corrected chi connectivity index (χ4v) is 10.4. The van der Waals surface area contributed by atoms with Crippen molar-refractivity contribution in [3.8, 4) is 0 Å². The van der Waals surface area contributed by atoms with Gasteiger partial charge in [-0.25, -0.2) is 4.98 Å². The van der Waals surface area contributed by atoms with Gasteiger partial charge in [0, 0.05) is 31.6 Å². The number of anilines is 1. The average molecular weight is 544 g/mol. The minimum atomic E-state index is -0.701. The Hall–Kier alpha value is -2.74. The van der Waals surface area contributed by atoms with Crippen LogP contribution in [0.2, 0.25) is 0 Å². The van der Waals surface area contributed by atoms with Crippen molar-refractivity contribution >= 4 is 28.4 Å². The van der Waals surface area contributed by atoms with Crippen molar-refractivity contribution in [3.63, 3.8) is 0 Å². The number of hydrogen-bond acceptors (Lipinski definition) is 6. The van der Waals surface area contributed by atoms with Gasteiger partial charge in [0.25, 0.3) is 5.56 Å². The number of aromatic nitrogens is 2. The lowest BCUT2D eigenvalue weighted by Gasteiger charge is -2.57. The van der Waals surface area contributed by atoms with Gasteiger partial charge in [-0.05, 0) is 113 Å². The van der Waals surface area contributed by atoms with E-state index in [1.807, 2.05) is 12.1 Å². The van der Waals surface area contributed by atoms with Crippen LogP contribution in [0, 0.1) is 30.1 Å². The number of piperazine rings is 1. The zero-order valence-electron chi connectivity index (χ0n) is 23.6. The number of hydrogen-bond donors (Lipinski definition) is 1. The van der Waals surface area contributed by atoms with Crippen molar-refractivity contribution < 1.29 is 9.59 Å². The number of imide groups is 1. The van der Waals surface area contributed by atoms with Gasteiger partial charge in [0.15, 0.2) is 0 Å². The molecule has 7 aliphatic rings. The fourth-order valence-electron chi connectivity index (χ4n) is 10.4. The molecule has 6 bridgehead atoms. The highest BCUT2D eigenvalue weighted by Crippen LogP contribution is 2.61. The monoisotopic (exact) mass is 543 g/mol. The minimum Gasteiger partial charge on any atom is -0.368 e. The van der Waals surface area contributed by atoms with Gasteiger partial charge < -0.3 is 4.90 Å². The maximum absolute atomic E-state index is 14.0. The van der Waals surface area contributed by atoms with Crippen LogP contribution >= 0.6 is 0 Å². The second kappa shape index (κ2) is 9.13. The Morgan fingerprint density at radius 2 is 1.62 bits per heavy atom. The zero-order chi connectivity index (χ0) is 27.2. The number of fused-ring (bicyclic) bond motifs is 3. The lowest BCUT2D eigenvalue weighted by atomic mass is 9.49. The summed E-state index contributed by atoms with van der Waals surface area (Å²) in [5.41, 5.74) is 2.06. The Labute approximate surface area is 235 Å². The van der Waals surface area contributed by atoms with Gasteiger partial charge in [-0.1, -0.05) is 6.07 Å². The third-order valence-electron chi connectivity index (χ3n) is 11.6. The molecule has 40 heavy (non-hydrogen) atoms. The molecular formula is C32H41N5O3. The largest absolute Gasteiger partial charge is 0.368 e. The number of nitrogens with one attached hydrogen (secondary N) is 1. The van der Waals surface area contributed by atoms with Gasteiger partial charge >= 0.3 is 0 Å². The molecule has 0 radical (unpaired) electrons. The third kappa shape index (κ3) is 3.96. The van der Waals surface area contributed by atoms with Crippen molar-refractivity contribution in [3.05, 3.63) is 34.4 Å². The van der Waals surface area contributed by atoms with E-state index < -0.39 is 11.9 Å². The van der Waals surface area contributed by atoms with Crippen LogP contribution in [-0.4, -0.2) is 58.0 Å². The predicted molar refractivity (Wildman–Crippen MR) is 153 cm³/mol. The number of carbonyl (C=O) groups excluding carboxylic acids is 2. The molecule has 2 aromatic rings. The number of piperidine rings is 1. The lowest BCUT2D eigenvalue weighted by Crippen LogP contribution is -2.55. The molecule has 1 aromatic heterocycles. The molecule has 212 valence electrons. The van der Waals surface area contributed by atoms with Gasteiger partial charge in [-0.3, -0.25) is 29.2 Å². The van der Waals surface area contributed by atoms with E-state index in [-0.39, 0.29) is 17.9 Å². The number of benzene rings is 1. The summed E-state index contributed by atoms with van der Waals surface area (Å²) in [5.74, 6) is 2.84. The molecule has 7 fully saturated rings. The molecule has 3 unspecified atom stereocenters. The van der Waals surface area contributed by atoms with Crippen LogP contribution in [0.1, 0.15) is 82.5 Å². The number of rotatable bonds is 5. The molecule has 2 amide bonds. The molecular weight excluding hydrogens is 502 g/mol. The molecule has 3 aliphatic heterocycles. The molecule has 0 spiro atoms. The SMILES string of the molecule is Cc1nc2cccc(N3CC4CCC(C3)N4CCC34CC5CC(CC(C5)C3)C4)c2c(=O)n1C1CCC(=O)NC1=O. The first kappa shape index (κ1) is 25.0. The van der Waals surface area contributed by atoms with Crippen molar-refractivity contribution in [1.29, 1.82) is 0 Å². The number of amides is 2. The normalized spacial score (nSPS) is 37.0. The second-order valence-corrected chi connectivity index (χ2v) is 14.2. The fraction of sp³-hybridized carbons (Fsp3) is 0.688. The van der Waals surface area contributed by atoms with E-state index in [9.17, 15) is 14.4 Å². The smallest absolute Gasteiger partial charge is 0.264 e. The van der Waals surface area contributed by atoms with E-state index in [1.165, 1.54) is 68.9 Å². The van der Waals surface area contributed by atoms with Gasteiger partial charge in [-0.15, -0.1) is 0 Å². The van der Waals surface area contributed by atoms with Gasteiger partial charge in [0.2, 0.25) is 11.8 Å². The Balaban J connectivity index is 1.05. The van der Waals surface area contributed by atoms with E-state index in [4.69, 9.17) is 4.98 Å². The predicted octanol–water partition coefficient (Wildman–Crippen LogP) is 3.94. The van der Waals surface area contributed by atoms with E-state index in [2.05, 4.69) is 21.2 Å². The third-order valence-corrected chi connectivity index (χ3v) is 11.6. The van der Waals surface area contributed by atoms with Gasteiger partial charge in [0.05, 0.1) is 16.6 Å². The van der Waals surface area contributed by atoms with Crippen LogP contribution in [0.15, 0.2) is 23.0 Å².